The van der Waals surface area contributed by atoms with E-state index in [1.807, 2.05) is 79.4 Å². The van der Waals surface area contributed by atoms with Crippen LogP contribution in [0.1, 0.15) is 82.4 Å². The molecule has 1 unspecified atom stereocenters. The molecular weight excluding hydrogens is 1850 g/mol. The number of nitrogens with two attached hydrogens (primary N) is 1. The number of aliphatic hydroxyl groups excluding tert-OH is 1. The van der Waals surface area contributed by atoms with E-state index in [9.17, 15) is 59.4 Å². The Morgan fingerprint density at radius 3 is 1.05 bits per heavy atom. The van der Waals surface area contributed by atoms with Crippen molar-refractivity contribution in [3.05, 3.63) is 352 Å². The van der Waals surface area contributed by atoms with Crippen molar-refractivity contribution in [2.24, 2.45) is 5.92 Å². The van der Waals surface area contributed by atoms with Gasteiger partial charge in [-0.05, 0) is 245 Å². The standard InChI is InChI=1S/C29H22F2N6O.C28H26F2N4O2.C26H25F2N5O2.C23H20F2N6OS/c30-23-10-6-20(7-11-23)28-34-29(21-8-12-24(31)13-9-21)37(35-28)18-26(38)36-15-14-25-22(17-36)16-32-27(33-25)19-4-2-1-3-5-19;29-23-10-6-21(7-11-23)27-31-28(22-8-12-24(30)13-9-22)34(32-27)18-25(35)33-16-14-20(15-17-33)26(36)19-4-2-1-3-5-19;1-16-17(2)35-26(29-16)20-11-13-32(14-12-20)23(34)15-33-25(19-5-9-22(28)10-6-19)30-24(31-33)18-3-7-21(27)8-4-18;24-16-5-1-14(2-6-16)21-28-22(15-3-7-17(25)8-4-15)31(29-21)13-20(32)30-11-9-18-19(10-12-30)33-23(26)27-18/h1-13,16H,14-15,17-18H2;1-13,20,26,36H,14-18H2;3-10,20H,11-15H2,1-2H3;1-8H,9-13H2,(H2,26,27). The molecule has 2 saturated heterocycles. The van der Waals surface area contributed by atoms with Crippen LogP contribution in [0.15, 0.2) is 265 Å². The van der Waals surface area contributed by atoms with Gasteiger partial charge in [-0.1, -0.05) is 60.7 Å². The summed E-state index contributed by atoms with van der Waals surface area (Å²) in [4.78, 5) is 97.7. The number of benzene rings is 10. The molecule has 720 valence electrons. The maximum atomic E-state index is 13.6. The first-order valence-corrected chi connectivity index (χ1v) is 47.0. The highest BCUT2D eigenvalue weighted by molar-refractivity contribution is 7.15. The molecule has 36 heteroatoms. The zero-order valence-corrected chi connectivity index (χ0v) is 77.8. The number of amides is 4. The Morgan fingerprint density at radius 2 is 0.683 bits per heavy atom. The molecular formula is C106H93F8N21O6S. The lowest BCUT2D eigenvalue weighted by Gasteiger charge is -2.34. The highest BCUT2D eigenvalue weighted by atomic mass is 32.1. The van der Waals surface area contributed by atoms with Crippen molar-refractivity contribution in [1.29, 1.82) is 0 Å². The molecule has 27 nitrogen and oxygen atoms in total. The number of carbonyl (C=O) groups is 4. The number of oxazole rings is 1. The first-order valence-electron chi connectivity index (χ1n) is 46.1. The first-order chi connectivity index (χ1) is 68.8. The molecule has 2 fully saturated rings. The van der Waals surface area contributed by atoms with Gasteiger partial charge in [0.25, 0.3) is 0 Å². The number of likely N-dealkylation sites (tertiary alicyclic amines) is 2. The zero-order valence-electron chi connectivity index (χ0n) is 76.9. The normalized spacial score (nSPS) is 14.0. The van der Waals surface area contributed by atoms with Crippen LogP contribution in [0.25, 0.3) is 102 Å². The van der Waals surface area contributed by atoms with Gasteiger partial charge in [0.05, 0.1) is 23.2 Å². The summed E-state index contributed by atoms with van der Waals surface area (Å²) >= 11 is 1.47. The van der Waals surface area contributed by atoms with Gasteiger partial charge in [0, 0.05) is 144 Å². The quantitative estimate of drug-likeness (QED) is 0.0670. The lowest BCUT2D eigenvalue weighted by atomic mass is 9.87. The van der Waals surface area contributed by atoms with Crippen LogP contribution in [0.5, 0.6) is 0 Å². The number of halogens is 8. The van der Waals surface area contributed by atoms with Gasteiger partial charge in [-0.25, -0.2) is 93.7 Å². The number of piperidine rings is 2. The van der Waals surface area contributed by atoms with Crippen molar-refractivity contribution in [3.8, 4) is 102 Å². The van der Waals surface area contributed by atoms with E-state index in [1.165, 1.54) is 127 Å². The number of aryl methyl sites for hydroxylation is 2. The van der Waals surface area contributed by atoms with E-state index >= 15 is 0 Å². The van der Waals surface area contributed by atoms with Crippen molar-refractivity contribution >= 4 is 40.1 Å². The Balaban J connectivity index is 0.000000125. The number of hydrogen-bond acceptors (Lipinski definition) is 20. The van der Waals surface area contributed by atoms with Crippen LogP contribution in [-0.4, -0.2) is 173 Å². The van der Waals surface area contributed by atoms with Gasteiger partial charge >= 0.3 is 0 Å². The first kappa shape index (κ1) is 96.0. The maximum Gasteiger partial charge on any atom is 0.244 e. The van der Waals surface area contributed by atoms with Gasteiger partial charge in [-0.3, -0.25) is 19.2 Å². The van der Waals surface area contributed by atoms with Crippen molar-refractivity contribution in [2.75, 3.05) is 51.5 Å². The SMILES string of the molecule is Cc1nc(C2CCN(C(=O)Cn3nc(-c4ccc(F)cc4)nc3-c3ccc(F)cc3)CC2)oc1C.Nc1nc2c(s1)CCN(C(=O)Cn1nc(-c3ccc(F)cc3)nc1-c1ccc(F)cc1)CC2.O=C(Cn1nc(-c2ccc(F)cc2)nc1-c1ccc(F)cc1)N1CCC(C(O)c2ccccc2)CC1.O=C(Cn1nc(-c2ccc(F)cc2)nc1-c1ccc(F)cc1)N1CCc2nc(-c3ccccc3)ncc2C1. The smallest absolute Gasteiger partial charge is 0.244 e. The number of fused-ring (bicyclic) bond motifs is 2. The zero-order chi connectivity index (χ0) is 98.6. The summed E-state index contributed by atoms with van der Waals surface area (Å²) in [6.45, 7) is 8.00. The van der Waals surface area contributed by atoms with Crippen molar-refractivity contribution in [3.63, 3.8) is 0 Å². The summed E-state index contributed by atoms with van der Waals surface area (Å²) < 4.78 is 119. The average Bonchev–Trinajstić information content (AvgIpc) is 1.55. The summed E-state index contributed by atoms with van der Waals surface area (Å²) in [7, 11) is 0. The van der Waals surface area contributed by atoms with Gasteiger partial charge in [-0.2, -0.15) is 0 Å². The third-order valence-corrected chi connectivity index (χ3v) is 26.0. The number of carbonyl (C=O) groups excluding carboxylic acids is 4. The summed E-state index contributed by atoms with van der Waals surface area (Å²) in [6.07, 6.45) is 6.15. The molecule has 7 aromatic heterocycles. The summed E-state index contributed by atoms with van der Waals surface area (Å²) in [6, 6.07) is 66.1. The third-order valence-electron chi connectivity index (χ3n) is 25.1. The fraction of sp³-hybridized carbons (Fsp3) is 0.226. The number of thiazole rings is 1. The number of hydrogen-bond donors (Lipinski definition) is 2. The highest BCUT2D eigenvalue weighted by Gasteiger charge is 2.34. The summed E-state index contributed by atoms with van der Waals surface area (Å²) in [5.74, 6) is 2.30. The maximum absolute atomic E-state index is 13.6. The van der Waals surface area contributed by atoms with E-state index in [4.69, 9.17) is 15.1 Å². The Hall–Kier alpha value is -16.2. The molecule has 21 rings (SSSR count). The summed E-state index contributed by atoms with van der Waals surface area (Å²) in [5, 5.41) is 29.4. The molecule has 10 aromatic carbocycles. The molecule has 3 N–H and O–H groups in total. The van der Waals surface area contributed by atoms with Crippen LogP contribution in [0, 0.1) is 66.3 Å². The van der Waals surface area contributed by atoms with E-state index in [-0.39, 0.29) is 108 Å². The Kier molecular flexibility index (Phi) is 29.4. The van der Waals surface area contributed by atoms with Crippen LogP contribution in [0.4, 0.5) is 40.3 Å². The van der Waals surface area contributed by atoms with Crippen LogP contribution in [-0.2, 0) is 71.2 Å². The minimum Gasteiger partial charge on any atom is -0.445 e. The van der Waals surface area contributed by atoms with E-state index in [0.29, 0.717) is 187 Å². The van der Waals surface area contributed by atoms with Gasteiger partial charge in [0.2, 0.25) is 23.6 Å². The summed E-state index contributed by atoms with van der Waals surface area (Å²) in [5.41, 5.74) is 16.3. The van der Waals surface area contributed by atoms with E-state index < -0.39 is 6.10 Å². The minimum atomic E-state index is -0.554. The van der Waals surface area contributed by atoms with Gasteiger partial charge < -0.3 is 34.9 Å². The predicted molar refractivity (Wildman–Crippen MR) is 516 cm³/mol. The second-order valence-corrected chi connectivity index (χ2v) is 35.7. The Morgan fingerprint density at radius 1 is 0.366 bits per heavy atom. The third kappa shape index (κ3) is 23.2. The fourth-order valence-corrected chi connectivity index (χ4v) is 18.0. The molecule has 4 amide bonds. The topological polar surface area (TPSA) is 315 Å². The molecule has 0 radical (unpaired) electrons. The lowest BCUT2D eigenvalue weighted by molar-refractivity contribution is -0.134. The highest BCUT2D eigenvalue weighted by Crippen LogP contribution is 2.36. The Labute approximate surface area is 813 Å². The molecule has 4 aliphatic rings. The predicted octanol–water partition coefficient (Wildman–Crippen LogP) is 18.3. The molecule has 0 saturated carbocycles. The number of rotatable bonds is 20. The van der Waals surface area contributed by atoms with E-state index in [1.54, 1.807) is 118 Å². The molecule has 11 heterocycles. The minimum absolute atomic E-state index is 0.0111. The van der Waals surface area contributed by atoms with E-state index in [0.717, 1.165) is 63.1 Å². The van der Waals surface area contributed by atoms with Crippen LogP contribution >= 0.6 is 11.3 Å². The number of nitrogen functional groups attached to an aromatic ring is 1. The molecule has 0 bridgehead atoms. The number of nitrogens with zero attached hydrogens (tertiary/aromatic N) is 20. The lowest BCUT2D eigenvalue weighted by Crippen LogP contribution is -2.41. The van der Waals surface area contributed by atoms with Gasteiger partial charge in [0.1, 0.15) is 78.5 Å². The second kappa shape index (κ2) is 43.4. The van der Waals surface area contributed by atoms with E-state index in [2.05, 4.69) is 55.3 Å². The molecule has 17 aromatic rings. The number of anilines is 1. The molecule has 0 aliphatic carbocycles. The second-order valence-electron chi connectivity index (χ2n) is 34.5. The Bertz CT molecular complexity index is 7240. The monoisotopic (exact) mass is 1940 g/mol. The molecule has 1 atom stereocenters. The van der Waals surface area contributed by atoms with Gasteiger partial charge in [0.15, 0.2) is 63.4 Å². The molecule has 142 heavy (non-hydrogen) atoms. The van der Waals surface area contributed by atoms with Crippen molar-refractivity contribution in [2.45, 2.75) is 104 Å². The van der Waals surface area contributed by atoms with Crippen LogP contribution in [0.2, 0.25) is 0 Å². The number of aromatic nitrogens is 16. The molecule has 0 spiro atoms. The fourth-order valence-electron chi connectivity index (χ4n) is 17.2. The van der Waals surface area contributed by atoms with Crippen LogP contribution in [0.3, 0.4) is 0 Å². The number of aliphatic hydroxyl groups is 1. The van der Waals surface area contributed by atoms with Crippen molar-refractivity contribution < 1.29 is 63.8 Å². The average molecular weight is 1940 g/mol. The van der Waals surface area contributed by atoms with Gasteiger partial charge in [-0.15, -0.1) is 31.7 Å². The van der Waals surface area contributed by atoms with Crippen LogP contribution < -0.4 is 5.73 Å². The molecule has 4 aliphatic heterocycles. The largest absolute Gasteiger partial charge is 0.445 e. The van der Waals surface area contributed by atoms with Crippen molar-refractivity contribution in [1.82, 2.24) is 98.6 Å².